The van der Waals surface area contributed by atoms with E-state index in [9.17, 15) is 4.79 Å². The average Bonchev–Trinajstić information content (AvgIpc) is 2.51. The summed E-state index contributed by atoms with van der Waals surface area (Å²) in [6.45, 7) is 1.03. The van der Waals surface area contributed by atoms with Crippen LogP contribution in [0.25, 0.3) is 0 Å². The van der Waals surface area contributed by atoms with Gasteiger partial charge >= 0.3 is 0 Å². The highest BCUT2D eigenvalue weighted by Crippen LogP contribution is 2.41. The molecule has 126 valence electrons. The van der Waals surface area contributed by atoms with Gasteiger partial charge in [-0.1, -0.05) is 28.4 Å². The zero-order chi connectivity index (χ0) is 16.2. The smallest absolute Gasteiger partial charge is 0.223 e. The van der Waals surface area contributed by atoms with Crippen molar-refractivity contribution in [2.24, 2.45) is 23.5 Å². The molecule has 2 saturated carbocycles. The van der Waals surface area contributed by atoms with E-state index in [1.54, 1.807) is 0 Å². The molecule has 1 aromatic rings. The van der Waals surface area contributed by atoms with Crippen LogP contribution in [0.2, 0.25) is 0 Å². The van der Waals surface area contributed by atoms with Gasteiger partial charge in [0.2, 0.25) is 5.91 Å². The van der Waals surface area contributed by atoms with Gasteiger partial charge < -0.3 is 15.8 Å². The van der Waals surface area contributed by atoms with Crippen LogP contribution in [0.3, 0.4) is 0 Å². The van der Waals surface area contributed by atoms with Crippen molar-refractivity contribution in [2.75, 3.05) is 13.2 Å². The summed E-state index contributed by atoms with van der Waals surface area (Å²) in [5.41, 5.74) is 6.29. The van der Waals surface area contributed by atoms with Crippen LogP contribution in [0.5, 0.6) is 5.75 Å². The number of benzene rings is 1. The van der Waals surface area contributed by atoms with E-state index in [0.717, 1.165) is 23.1 Å². The minimum atomic E-state index is 0.135. The number of ether oxygens (including phenoxy) is 1. The maximum atomic E-state index is 12.4. The Morgan fingerprint density at radius 2 is 2.04 bits per heavy atom. The van der Waals surface area contributed by atoms with Crippen LogP contribution >= 0.6 is 15.9 Å². The summed E-state index contributed by atoms with van der Waals surface area (Å²) in [5.74, 6) is 2.20. The van der Waals surface area contributed by atoms with Gasteiger partial charge in [-0.25, -0.2) is 0 Å². The zero-order valence-corrected chi connectivity index (χ0v) is 14.9. The van der Waals surface area contributed by atoms with E-state index in [2.05, 4.69) is 21.2 Å². The van der Waals surface area contributed by atoms with Crippen LogP contribution in [0.1, 0.15) is 32.1 Å². The van der Waals surface area contributed by atoms with Gasteiger partial charge in [-0.15, -0.1) is 0 Å². The van der Waals surface area contributed by atoms with Gasteiger partial charge in [-0.2, -0.15) is 0 Å². The quantitative estimate of drug-likeness (QED) is 0.771. The number of fused-ring (bicyclic) bond motifs is 2. The number of hydrogen-bond donors (Lipinski definition) is 2. The molecule has 0 aliphatic heterocycles. The molecule has 5 heteroatoms. The maximum absolute atomic E-state index is 12.4. The Labute approximate surface area is 146 Å². The van der Waals surface area contributed by atoms with Crippen LogP contribution in [0, 0.1) is 17.8 Å². The molecule has 1 amide bonds. The van der Waals surface area contributed by atoms with Crippen LogP contribution in [-0.2, 0) is 4.79 Å². The third-order valence-electron chi connectivity index (χ3n) is 5.25. The number of nitrogens with one attached hydrogen (secondary N) is 1. The van der Waals surface area contributed by atoms with Gasteiger partial charge in [0.15, 0.2) is 0 Å². The van der Waals surface area contributed by atoms with Gasteiger partial charge in [0.25, 0.3) is 0 Å². The van der Waals surface area contributed by atoms with Crippen molar-refractivity contribution in [3.05, 3.63) is 28.7 Å². The second-order valence-electron chi connectivity index (χ2n) is 6.79. The van der Waals surface area contributed by atoms with Crippen molar-refractivity contribution in [1.29, 1.82) is 0 Å². The molecule has 2 bridgehead atoms. The van der Waals surface area contributed by atoms with Crippen molar-refractivity contribution in [3.8, 4) is 5.75 Å². The Morgan fingerprint density at radius 1 is 1.30 bits per heavy atom. The first-order valence-electron chi connectivity index (χ1n) is 8.55. The summed E-state index contributed by atoms with van der Waals surface area (Å²) in [6.07, 6.45) is 5.56. The maximum Gasteiger partial charge on any atom is 0.223 e. The Balaban J connectivity index is 1.41. The number of carbonyl (C=O) groups excluding carboxylic acids is 1. The highest BCUT2D eigenvalue weighted by molar-refractivity contribution is 9.10. The van der Waals surface area contributed by atoms with Gasteiger partial charge in [0.1, 0.15) is 12.4 Å². The number of nitrogens with two attached hydrogens (primary N) is 1. The van der Waals surface area contributed by atoms with Crippen LogP contribution in [0.4, 0.5) is 0 Å². The molecule has 2 atom stereocenters. The molecule has 0 aromatic heterocycles. The molecule has 4 nitrogen and oxygen atoms in total. The molecule has 2 aliphatic rings. The minimum absolute atomic E-state index is 0.135. The average molecular weight is 381 g/mol. The highest BCUT2D eigenvalue weighted by atomic mass is 79.9. The molecule has 2 unspecified atom stereocenters. The first kappa shape index (κ1) is 16.8. The predicted molar refractivity (Wildman–Crippen MR) is 94.2 cm³/mol. The molecule has 23 heavy (non-hydrogen) atoms. The van der Waals surface area contributed by atoms with E-state index in [1.165, 1.54) is 19.3 Å². The fourth-order valence-electron chi connectivity index (χ4n) is 4.05. The molecule has 1 aromatic carbocycles. The first-order valence-corrected chi connectivity index (χ1v) is 9.34. The SMILES string of the molecule is NC1C2CCCC1CC(C(=O)NCCOc1cccc(Br)c1)C2. The molecule has 2 fully saturated rings. The van der Waals surface area contributed by atoms with E-state index in [0.29, 0.717) is 31.0 Å². The molecule has 3 rings (SSSR count). The molecule has 0 spiro atoms. The van der Waals surface area contributed by atoms with Crippen molar-refractivity contribution < 1.29 is 9.53 Å². The van der Waals surface area contributed by atoms with Crippen LogP contribution in [-0.4, -0.2) is 25.1 Å². The van der Waals surface area contributed by atoms with Gasteiger partial charge in [0, 0.05) is 16.4 Å². The van der Waals surface area contributed by atoms with Crippen molar-refractivity contribution >= 4 is 21.8 Å². The molecule has 0 radical (unpaired) electrons. The lowest BCUT2D eigenvalue weighted by Crippen LogP contribution is -2.49. The summed E-state index contributed by atoms with van der Waals surface area (Å²) >= 11 is 3.41. The number of rotatable bonds is 5. The number of carbonyl (C=O) groups is 1. The molecule has 0 saturated heterocycles. The predicted octanol–water partition coefficient (Wildman–Crippen LogP) is 3.10. The molecule has 2 aliphatic carbocycles. The summed E-state index contributed by atoms with van der Waals surface area (Å²) in [7, 11) is 0. The first-order chi connectivity index (χ1) is 11.1. The topological polar surface area (TPSA) is 64.4 Å². The minimum Gasteiger partial charge on any atom is -0.492 e. The summed E-state index contributed by atoms with van der Waals surface area (Å²) in [4.78, 5) is 12.4. The monoisotopic (exact) mass is 380 g/mol. The van der Waals surface area contributed by atoms with Gasteiger partial charge in [-0.3, -0.25) is 4.79 Å². The normalized spacial score (nSPS) is 29.8. The summed E-state index contributed by atoms with van der Waals surface area (Å²) in [6, 6.07) is 8.04. The van der Waals surface area contributed by atoms with Crippen molar-refractivity contribution in [1.82, 2.24) is 5.32 Å². The zero-order valence-electron chi connectivity index (χ0n) is 13.3. The third-order valence-corrected chi connectivity index (χ3v) is 5.74. The summed E-state index contributed by atoms with van der Waals surface area (Å²) < 4.78 is 6.64. The molecule has 0 heterocycles. The second kappa shape index (κ2) is 7.67. The summed E-state index contributed by atoms with van der Waals surface area (Å²) in [5, 5.41) is 3.02. The number of amides is 1. The molecular formula is C18H25BrN2O2. The standard InChI is InChI=1S/C18H25BrN2O2/c19-15-5-2-6-16(11-15)23-8-7-21-18(22)14-9-12-3-1-4-13(10-14)17(12)20/h2,5-6,11-14,17H,1,3-4,7-10,20H2,(H,21,22). The lowest BCUT2D eigenvalue weighted by atomic mass is 9.65. The highest BCUT2D eigenvalue weighted by Gasteiger charge is 2.40. The van der Waals surface area contributed by atoms with E-state index in [1.807, 2.05) is 24.3 Å². The Bertz CT molecular complexity index is 538. The molecule has 3 N–H and O–H groups in total. The fourth-order valence-corrected chi connectivity index (χ4v) is 4.43. The Kier molecular flexibility index (Phi) is 5.59. The fraction of sp³-hybridized carbons (Fsp3) is 0.611. The largest absolute Gasteiger partial charge is 0.492 e. The third kappa shape index (κ3) is 4.27. The second-order valence-corrected chi connectivity index (χ2v) is 7.71. The Hall–Kier alpha value is -1.07. The van der Waals surface area contributed by atoms with Gasteiger partial charge in [0.05, 0.1) is 6.54 Å². The van der Waals surface area contributed by atoms with Crippen molar-refractivity contribution in [2.45, 2.75) is 38.1 Å². The number of halogens is 1. The van der Waals surface area contributed by atoms with Crippen LogP contribution < -0.4 is 15.8 Å². The Morgan fingerprint density at radius 3 is 2.74 bits per heavy atom. The van der Waals surface area contributed by atoms with E-state index >= 15 is 0 Å². The van der Waals surface area contributed by atoms with Crippen LogP contribution in [0.15, 0.2) is 28.7 Å². The van der Waals surface area contributed by atoms with E-state index in [4.69, 9.17) is 10.5 Å². The molecular weight excluding hydrogens is 356 g/mol. The lowest BCUT2D eigenvalue weighted by molar-refractivity contribution is -0.128. The van der Waals surface area contributed by atoms with E-state index in [-0.39, 0.29) is 11.8 Å². The van der Waals surface area contributed by atoms with Crippen molar-refractivity contribution in [3.63, 3.8) is 0 Å². The van der Waals surface area contributed by atoms with E-state index < -0.39 is 0 Å². The van der Waals surface area contributed by atoms with Gasteiger partial charge in [-0.05, 0) is 55.7 Å². The number of hydrogen-bond acceptors (Lipinski definition) is 3. The lowest BCUT2D eigenvalue weighted by Gasteiger charge is -2.43.